The summed E-state index contributed by atoms with van der Waals surface area (Å²) in [7, 11) is 1.71. The second kappa shape index (κ2) is 9.00. The molecule has 0 aliphatic heterocycles. The Hall–Kier alpha value is -1.14. The fourth-order valence-corrected chi connectivity index (χ4v) is 2.69. The highest BCUT2D eigenvalue weighted by molar-refractivity contribution is 5.81. The van der Waals surface area contributed by atoms with E-state index in [0.717, 1.165) is 0 Å². The van der Waals surface area contributed by atoms with Crippen molar-refractivity contribution in [2.45, 2.75) is 65.1 Å². The Kier molecular flexibility index (Phi) is 8.51. The van der Waals surface area contributed by atoms with Gasteiger partial charge in [0.15, 0.2) is 0 Å². The molecule has 0 radical (unpaired) electrons. The maximum Gasteiger partial charge on any atom is 0.326 e. The normalized spacial score (nSPS) is 17.1. The van der Waals surface area contributed by atoms with Crippen molar-refractivity contribution in [3.8, 4) is 0 Å². The minimum Gasteiger partial charge on any atom is -0.465 e. The summed E-state index contributed by atoms with van der Waals surface area (Å²) in [5, 5.41) is 6.18. The number of nitrogens with two attached hydrogens (primary N) is 1. The van der Waals surface area contributed by atoms with Gasteiger partial charge in [-0.1, -0.05) is 6.92 Å². The molecule has 0 aliphatic rings. The van der Waals surface area contributed by atoms with Crippen LogP contribution in [-0.2, 0) is 14.3 Å². The van der Waals surface area contributed by atoms with Crippen LogP contribution in [0.15, 0.2) is 0 Å². The molecule has 3 unspecified atom stereocenters. The van der Waals surface area contributed by atoms with E-state index in [1.54, 1.807) is 14.0 Å². The van der Waals surface area contributed by atoms with E-state index in [1.807, 2.05) is 27.7 Å². The molecule has 0 aromatic rings. The molecule has 0 aliphatic carbocycles. The average molecular weight is 301 g/mol. The van der Waals surface area contributed by atoms with Crippen molar-refractivity contribution in [3.63, 3.8) is 0 Å². The molecule has 1 amide bonds. The monoisotopic (exact) mass is 301 g/mol. The number of hydrogen-bond acceptors (Lipinski definition) is 5. The van der Waals surface area contributed by atoms with Crippen molar-refractivity contribution in [3.05, 3.63) is 0 Å². The number of amides is 1. The van der Waals surface area contributed by atoms with Crippen LogP contribution in [0.3, 0.4) is 0 Å². The van der Waals surface area contributed by atoms with Gasteiger partial charge in [0.1, 0.15) is 5.54 Å². The average Bonchev–Trinajstić information content (AvgIpc) is 2.34. The van der Waals surface area contributed by atoms with Crippen LogP contribution in [-0.4, -0.2) is 43.2 Å². The van der Waals surface area contributed by atoms with E-state index < -0.39 is 5.54 Å². The standard InChI is InChI=1S/C15H31N3O3/c1-7-21-14(20)15(5,18-10(2)3)9-11(4)8-12(17-6)13(16)19/h10-12,17-18H,7-9H2,1-6H3,(H2,16,19). The Bertz CT molecular complexity index is 347. The smallest absolute Gasteiger partial charge is 0.326 e. The van der Waals surface area contributed by atoms with Gasteiger partial charge in [-0.25, -0.2) is 0 Å². The summed E-state index contributed by atoms with van der Waals surface area (Å²) in [5.74, 6) is -0.500. The molecule has 3 atom stereocenters. The second-order valence-corrected chi connectivity index (χ2v) is 6.14. The van der Waals surface area contributed by atoms with E-state index >= 15 is 0 Å². The van der Waals surface area contributed by atoms with Crippen LogP contribution in [0.4, 0.5) is 0 Å². The summed E-state index contributed by atoms with van der Waals surface area (Å²) in [6.07, 6.45) is 1.16. The van der Waals surface area contributed by atoms with Gasteiger partial charge in [-0.15, -0.1) is 0 Å². The molecule has 124 valence electrons. The highest BCUT2D eigenvalue weighted by Crippen LogP contribution is 2.23. The molecule has 21 heavy (non-hydrogen) atoms. The maximum atomic E-state index is 12.2. The highest BCUT2D eigenvalue weighted by atomic mass is 16.5. The summed E-state index contributed by atoms with van der Waals surface area (Å²) < 4.78 is 5.18. The van der Waals surface area contributed by atoms with E-state index in [2.05, 4.69) is 10.6 Å². The van der Waals surface area contributed by atoms with Gasteiger partial charge in [0.25, 0.3) is 0 Å². The van der Waals surface area contributed by atoms with Crippen molar-refractivity contribution in [2.24, 2.45) is 11.7 Å². The van der Waals surface area contributed by atoms with Crippen LogP contribution in [0, 0.1) is 5.92 Å². The van der Waals surface area contributed by atoms with E-state index in [4.69, 9.17) is 10.5 Å². The van der Waals surface area contributed by atoms with Gasteiger partial charge in [-0.2, -0.15) is 0 Å². The summed E-state index contributed by atoms with van der Waals surface area (Å²) in [6.45, 7) is 9.97. The molecule has 6 heteroatoms. The molecule has 0 aromatic heterocycles. The number of primary amides is 1. The third kappa shape index (κ3) is 6.91. The maximum absolute atomic E-state index is 12.2. The number of esters is 1. The van der Waals surface area contributed by atoms with Crippen LogP contribution >= 0.6 is 0 Å². The van der Waals surface area contributed by atoms with Crippen LogP contribution in [0.2, 0.25) is 0 Å². The van der Waals surface area contributed by atoms with Crippen LogP contribution in [0.1, 0.15) is 47.5 Å². The number of rotatable bonds is 10. The molecule has 6 nitrogen and oxygen atoms in total. The van der Waals surface area contributed by atoms with Gasteiger partial charge >= 0.3 is 5.97 Å². The zero-order chi connectivity index (χ0) is 16.6. The first kappa shape index (κ1) is 19.9. The van der Waals surface area contributed by atoms with Crippen molar-refractivity contribution in [1.82, 2.24) is 10.6 Å². The predicted octanol–water partition coefficient (Wildman–Crippen LogP) is 0.796. The lowest BCUT2D eigenvalue weighted by Crippen LogP contribution is -2.54. The van der Waals surface area contributed by atoms with Crippen molar-refractivity contribution >= 4 is 11.9 Å². The number of hydrogen-bond donors (Lipinski definition) is 3. The molecule has 0 rings (SSSR count). The number of likely N-dealkylation sites (N-methyl/N-ethyl adjacent to an activating group) is 1. The third-order valence-electron chi connectivity index (χ3n) is 3.42. The fourth-order valence-electron chi connectivity index (χ4n) is 2.69. The van der Waals surface area contributed by atoms with Gasteiger partial charge < -0.3 is 15.8 Å². The number of carbonyl (C=O) groups excluding carboxylic acids is 2. The quantitative estimate of drug-likeness (QED) is 0.519. The largest absolute Gasteiger partial charge is 0.465 e. The number of carbonyl (C=O) groups is 2. The van der Waals surface area contributed by atoms with Crippen molar-refractivity contribution < 1.29 is 14.3 Å². The first-order valence-corrected chi connectivity index (χ1v) is 7.57. The van der Waals surface area contributed by atoms with Gasteiger partial charge in [-0.05, 0) is 53.5 Å². The van der Waals surface area contributed by atoms with Crippen LogP contribution in [0.25, 0.3) is 0 Å². The minimum absolute atomic E-state index is 0.135. The molecular weight excluding hydrogens is 270 g/mol. The lowest BCUT2D eigenvalue weighted by Gasteiger charge is -2.33. The Balaban J connectivity index is 4.87. The molecular formula is C15H31N3O3. The molecule has 0 saturated carbocycles. The third-order valence-corrected chi connectivity index (χ3v) is 3.42. The van der Waals surface area contributed by atoms with Crippen molar-refractivity contribution in [1.29, 1.82) is 0 Å². The number of nitrogens with one attached hydrogen (secondary N) is 2. The first-order valence-electron chi connectivity index (χ1n) is 7.57. The minimum atomic E-state index is -0.764. The van der Waals surface area contributed by atoms with E-state index in [9.17, 15) is 9.59 Å². The molecule has 0 heterocycles. The molecule has 0 saturated heterocycles. The van der Waals surface area contributed by atoms with Crippen LogP contribution in [0.5, 0.6) is 0 Å². The van der Waals surface area contributed by atoms with Crippen molar-refractivity contribution in [2.75, 3.05) is 13.7 Å². The van der Waals surface area contributed by atoms with Gasteiger partial charge in [0, 0.05) is 6.04 Å². The molecule has 0 bridgehead atoms. The van der Waals surface area contributed by atoms with E-state index in [1.165, 1.54) is 0 Å². The SMILES string of the molecule is CCOC(=O)C(C)(CC(C)CC(NC)C(N)=O)NC(C)C. The van der Waals surface area contributed by atoms with Crippen LogP contribution < -0.4 is 16.4 Å². The summed E-state index contributed by atoms with van der Waals surface area (Å²) in [5.41, 5.74) is 4.57. The lowest BCUT2D eigenvalue weighted by molar-refractivity contribution is -0.151. The predicted molar refractivity (Wildman–Crippen MR) is 83.7 cm³/mol. The Labute approximate surface area is 128 Å². The highest BCUT2D eigenvalue weighted by Gasteiger charge is 2.37. The summed E-state index contributed by atoms with van der Waals surface area (Å²) in [6, 6.07) is -0.228. The second-order valence-electron chi connectivity index (χ2n) is 6.14. The number of ether oxygens (including phenoxy) is 1. The Morgan fingerprint density at radius 2 is 1.86 bits per heavy atom. The van der Waals surface area contributed by atoms with Gasteiger partial charge in [-0.3, -0.25) is 14.9 Å². The zero-order valence-corrected chi connectivity index (χ0v) is 14.2. The van der Waals surface area contributed by atoms with Gasteiger partial charge in [0.2, 0.25) is 5.91 Å². The summed E-state index contributed by atoms with van der Waals surface area (Å²) in [4.78, 5) is 23.5. The molecule has 0 aromatic carbocycles. The Morgan fingerprint density at radius 1 is 1.29 bits per heavy atom. The molecule has 4 N–H and O–H groups in total. The molecule has 0 fully saturated rings. The topological polar surface area (TPSA) is 93.4 Å². The van der Waals surface area contributed by atoms with E-state index in [0.29, 0.717) is 19.4 Å². The zero-order valence-electron chi connectivity index (χ0n) is 14.2. The Morgan fingerprint density at radius 3 is 2.24 bits per heavy atom. The van der Waals surface area contributed by atoms with Gasteiger partial charge in [0.05, 0.1) is 12.6 Å². The fraction of sp³-hybridized carbons (Fsp3) is 0.867. The first-order chi connectivity index (χ1) is 9.66. The summed E-state index contributed by atoms with van der Waals surface area (Å²) >= 11 is 0. The molecule has 0 spiro atoms. The lowest BCUT2D eigenvalue weighted by atomic mass is 9.85. The van der Waals surface area contributed by atoms with E-state index in [-0.39, 0.29) is 29.9 Å².